The molecule has 2 fully saturated rings. The van der Waals surface area contributed by atoms with Crippen LogP contribution >= 0.6 is 0 Å². The van der Waals surface area contributed by atoms with E-state index in [0.29, 0.717) is 13.0 Å². The first kappa shape index (κ1) is 13.3. The van der Waals surface area contributed by atoms with Crippen LogP contribution in [0.1, 0.15) is 39.0 Å². The van der Waals surface area contributed by atoms with E-state index >= 15 is 0 Å². The molecule has 0 aromatic heterocycles. The Hall–Kier alpha value is -1.10. The molecule has 2 aliphatic rings. The first-order valence-corrected chi connectivity index (χ1v) is 6.77. The van der Waals surface area contributed by atoms with Crippen LogP contribution in [-0.2, 0) is 14.3 Å². The number of nitrogens with one attached hydrogen (secondary N) is 1. The molecule has 2 rings (SSSR count). The van der Waals surface area contributed by atoms with Gasteiger partial charge in [0, 0.05) is 26.4 Å². The highest BCUT2D eigenvalue weighted by Gasteiger charge is 2.38. The van der Waals surface area contributed by atoms with Crippen LogP contribution in [0.2, 0.25) is 0 Å². The Labute approximate surface area is 108 Å². The molecule has 0 aromatic rings. The van der Waals surface area contributed by atoms with E-state index < -0.39 is 0 Å². The fraction of sp³-hybridized carbons (Fsp3) is 0.846. The minimum atomic E-state index is -0.328. The molecule has 102 valence electrons. The minimum Gasteiger partial charge on any atom is -0.464 e. The standard InChI is InChI=1S/C13H22N2O3/c1-11(16)18-10-13(5-4-6-14-13)9-12(17)15-7-2-3-8-15/h14H,2-10H2,1H3. The van der Waals surface area contributed by atoms with Gasteiger partial charge in [-0.1, -0.05) is 0 Å². The van der Waals surface area contributed by atoms with Gasteiger partial charge in [-0.05, 0) is 32.2 Å². The molecule has 1 amide bonds. The van der Waals surface area contributed by atoms with Gasteiger partial charge >= 0.3 is 5.97 Å². The topological polar surface area (TPSA) is 58.6 Å². The van der Waals surface area contributed by atoms with Gasteiger partial charge in [-0.25, -0.2) is 0 Å². The second-order valence-electron chi connectivity index (χ2n) is 5.36. The molecule has 5 heteroatoms. The number of carbonyl (C=O) groups is 2. The Balaban J connectivity index is 1.92. The highest BCUT2D eigenvalue weighted by molar-refractivity contribution is 5.78. The predicted molar refractivity (Wildman–Crippen MR) is 67.0 cm³/mol. The largest absolute Gasteiger partial charge is 0.464 e. The van der Waals surface area contributed by atoms with Crippen LogP contribution in [-0.4, -0.2) is 48.6 Å². The first-order valence-electron chi connectivity index (χ1n) is 6.77. The van der Waals surface area contributed by atoms with Gasteiger partial charge in [-0.3, -0.25) is 9.59 Å². The smallest absolute Gasteiger partial charge is 0.302 e. The Morgan fingerprint density at radius 3 is 2.56 bits per heavy atom. The molecule has 2 heterocycles. The van der Waals surface area contributed by atoms with E-state index in [1.54, 1.807) is 0 Å². The van der Waals surface area contributed by atoms with E-state index in [1.807, 2.05) is 4.90 Å². The van der Waals surface area contributed by atoms with E-state index in [9.17, 15) is 9.59 Å². The lowest BCUT2D eigenvalue weighted by molar-refractivity contribution is -0.145. The zero-order valence-electron chi connectivity index (χ0n) is 11.0. The van der Waals surface area contributed by atoms with E-state index in [2.05, 4.69) is 5.32 Å². The number of hydrogen-bond donors (Lipinski definition) is 1. The molecule has 1 N–H and O–H groups in total. The minimum absolute atomic E-state index is 0.189. The summed E-state index contributed by atoms with van der Waals surface area (Å²) in [5.41, 5.74) is -0.328. The Morgan fingerprint density at radius 2 is 2.00 bits per heavy atom. The average molecular weight is 254 g/mol. The monoisotopic (exact) mass is 254 g/mol. The molecule has 1 atom stereocenters. The molecule has 0 aromatic carbocycles. The fourth-order valence-electron chi connectivity index (χ4n) is 2.80. The molecule has 0 spiro atoms. The molecule has 0 saturated carbocycles. The Bertz CT molecular complexity index is 318. The molecule has 2 saturated heterocycles. The second-order valence-corrected chi connectivity index (χ2v) is 5.36. The second kappa shape index (κ2) is 5.69. The van der Waals surface area contributed by atoms with Gasteiger partial charge in [0.25, 0.3) is 0 Å². The molecule has 18 heavy (non-hydrogen) atoms. The number of esters is 1. The summed E-state index contributed by atoms with van der Waals surface area (Å²) in [4.78, 5) is 25.1. The molecular formula is C13H22N2O3. The molecule has 0 radical (unpaired) electrons. The van der Waals surface area contributed by atoms with Crippen molar-refractivity contribution in [2.45, 2.75) is 44.6 Å². The molecule has 0 bridgehead atoms. The summed E-state index contributed by atoms with van der Waals surface area (Å²) in [6, 6.07) is 0. The van der Waals surface area contributed by atoms with Crippen LogP contribution in [0.5, 0.6) is 0 Å². The van der Waals surface area contributed by atoms with Crippen molar-refractivity contribution in [3.05, 3.63) is 0 Å². The number of hydrogen-bond acceptors (Lipinski definition) is 4. The first-order chi connectivity index (χ1) is 8.61. The van der Waals surface area contributed by atoms with Crippen molar-refractivity contribution < 1.29 is 14.3 Å². The lowest BCUT2D eigenvalue weighted by Crippen LogP contribution is -2.48. The van der Waals surface area contributed by atoms with Crippen molar-refractivity contribution >= 4 is 11.9 Å². The van der Waals surface area contributed by atoms with Crippen LogP contribution in [0.15, 0.2) is 0 Å². The number of amides is 1. The molecule has 5 nitrogen and oxygen atoms in total. The number of rotatable bonds is 4. The average Bonchev–Trinajstić information content (AvgIpc) is 2.98. The Kier molecular flexibility index (Phi) is 4.22. The van der Waals surface area contributed by atoms with Crippen LogP contribution in [0.25, 0.3) is 0 Å². The van der Waals surface area contributed by atoms with Crippen LogP contribution in [0, 0.1) is 0 Å². The number of carbonyl (C=O) groups excluding carboxylic acids is 2. The maximum absolute atomic E-state index is 12.2. The maximum atomic E-state index is 12.2. The van der Waals surface area contributed by atoms with Crippen molar-refractivity contribution in [3.63, 3.8) is 0 Å². The van der Waals surface area contributed by atoms with E-state index in [1.165, 1.54) is 6.92 Å². The number of nitrogens with zero attached hydrogens (tertiary/aromatic N) is 1. The van der Waals surface area contributed by atoms with E-state index in [4.69, 9.17) is 4.74 Å². The fourth-order valence-corrected chi connectivity index (χ4v) is 2.80. The Morgan fingerprint density at radius 1 is 1.28 bits per heavy atom. The third kappa shape index (κ3) is 3.22. The van der Waals surface area contributed by atoms with Crippen molar-refractivity contribution in [2.75, 3.05) is 26.2 Å². The van der Waals surface area contributed by atoms with Crippen molar-refractivity contribution in [3.8, 4) is 0 Å². The van der Waals surface area contributed by atoms with E-state index in [0.717, 1.165) is 45.3 Å². The molecular weight excluding hydrogens is 232 g/mol. The third-order valence-electron chi connectivity index (χ3n) is 3.83. The van der Waals surface area contributed by atoms with Gasteiger partial charge in [0.05, 0.1) is 5.54 Å². The highest BCUT2D eigenvalue weighted by Crippen LogP contribution is 2.25. The summed E-state index contributed by atoms with van der Waals surface area (Å²) < 4.78 is 5.12. The molecule has 0 aliphatic carbocycles. The summed E-state index contributed by atoms with van der Waals surface area (Å²) in [5.74, 6) is -0.0919. The summed E-state index contributed by atoms with van der Waals surface area (Å²) in [6.45, 7) is 4.37. The van der Waals surface area contributed by atoms with Crippen LogP contribution in [0.3, 0.4) is 0 Å². The van der Waals surface area contributed by atoms with Gasteiger partial charge in [0.2, 0.25) is 5.91 Å². The molecule has 1 unspecified atom stereocenters. The van der Waals surface area contributed by atoms with Gasteiger partial charge in [-0.15, -0.1) is 0 Å². The number of likely N-dealkylation sites (tertiary alicyclic amines) is 1. The summed E-state index contributed by atoms with van der Waals surface area (Å²) >= 11 is 0. The van der Waals surface area contributed by atoms with E-state index in [-0.39, 0.29) is 17.4 Å². The lowest BCUT2D eigenvalue weighted by atomic mass is 9.93. The zero-order chi connectivity index (χ0) is 13.0. The van der Waals surface area contributed by atoms with Gasteiger partial charge in [0.15, 0.2) is 0 Å². The lowest BCUT2D eigenvalue weighted by Gasteiger charge is -2.30. The summed E-state index contributed by atoms with van der Waals surface area (Å²) in [5, 5.41) is 3.36. The SMILES string of the molecule is CC(=O)OCC1(CC(=O)N2CCCC2)CCCN1. The maximum Gasteiger partial charge on any atom is 0.302 e. The quantitative estimate of drug-likeness (QED) is 0.750. The van der Waals surface area contributed by atoms with Crippen molar-refractivity contribution in [2.24, 2.45) is 0 Å². The van der Waals surface area contributed by atoms with Gasteiger partial charge in [-0.2, -0.15) is 0 Å². The van der Waals surface area contributed by atoms with Crippen LogP contribution < -0.4 is 5.32 Å². The van der Waals surface area contributed by atoms with Crippen molar-refractivity contribution in [1.29, 1.82) is 0 Å². The van der Waals surface area contributed by atoms with Crippen molar-refractivity contribution in [1.82, 2.24) is 10.2 Å². The normalized spacial score (nSPS) is 27.5. The van der Waals surface area contributed by atoms with Crippen LogP contribution in [0.4, 0.5) is 0 Å². The highest BCUT2D eigenvalue weighted by atomic mass is 16.5. The van der Waals surface area contributed by atoms with Gasteiger partial charge in [0.1, 0.15) is 6.61 Å². The third-order valence-corrected chi connectivity index (χ3v) is 3.83. The summed E-state index contributed by atoms with van der Waals surface area (Å²) in [6.07, 6.45) is 4.60. The summed E-state index contributed by atoms with van der Waals surface area (Å²) in [7, 11) is 0. The molecule has 2 aliphatic heterocycles. The number of ether oxygens (including phenoxy) is 1. The zero-order valence-corrected chi connectivity index (χ0v) is 11.0. The predicted octanol–water partition coefficient (Wildman–Crippen LogP) is 0.684. The van der Waals surface area contributed by atoms with Gasteiger partial charge < -0.3 is 15.0 Å².